The second kappa shape index (κ2) is 7.05. The summed E-state index contributed by atoms with van der Waals surface area (Å²) in [5.41, 5.74) is 10.3. The summed E-state index contributed by atoms with van der Waals surface area (Å²) in [5.74, 6) is 0.497. The fraction of sp³-hybridized carbons (Fsp3) is 0.129. The van der Waals surface area contributed by atoms with Crippen LogP contribution < -0.4 is 0 Å². The molecule has 2 atom stereocenters. The third-order valence-corrected chi connectivity index (χ3v) is 7.58. The molecule has 2 unspecified atom stereocenters. The van der Waals surface area contributed by atoms with Crippen LogP contribution >= 0.6 is 0 Å². The largest absolute Gasteiger partial charge is 0.237 e. The van der Waals surface area contributed by atoms with Crippen molar-refractivity contribution in [3.63, 3.8) is 0 Å². The molecule has 158 valence electrons. The highest BCUT2D eigenvalue weighted by Crippen LogP contribution is 2.60. The molecular formula is C31H24N2. The summed E-state index contributed by atoms with van der Waals surface area (Å²) >= 11 is 0. The minimum atomic E-state index is -0.186. The van der Waals surface area contributed by atoms with Crippen LogP contribution in [-0.2, 0) is 11.8 Å². The average molecular weight is 425 g/mol. The van der Waals surface area contributed by atoms with Gasteiger partial charge in [-0.1, -0.05) is 103 Å². The van der Waals surface area contributed by atoms with Crippen LogP contribution in [0.5, 0.6) is 0 Å². The molecule has 0 amide bonds. The van der Waals surface area contributed by atoms with Crippen molar-refractivity contribution in [3.8, 4) is 16.9 Å². The molecule has 7 rings (SSSR count). The van der Waals surface area contributed by atoms with Crippen molar-refractivity contribution in [3.05, 3.63) is 143 Å². The van der Waals surface area contributed by atoms with Gasteiger partial charge < -0.3 is 0 Å². The van der Waals surface area contributed by atoms with E-state index in [-0.39, 0.29) is 5.41 Å². The Morgan fingerprint density at radius 1 is 0.697 bits per heavy atom. The highest BCUT2D eigenvalue weighted by Gasteiger charge is 2.53. The number of benzene rings is 4. The molecule has 1 aromatic heterocycles. The normalized spacial score (nSPS) is 20.3. The molecule has 2 bridgehead atoms. The summed E-state index contributed by atoms with van der Waals surface area (Å²) in [4.78, 5) is 0. The minimum absolute atomic E-state index is 0.186. The highest BCUT2D eigenvalue weighted by molar-refractivity contribution is 5.74. The van der Waals surface area contributed by atoms with Gasteiger partial charge in [0.05, 0.1) is 11.4 Å². The van der Waals surface area contributed by atoms with Crippen molar-refractivity contribution < 1.29 is 0 Å². The molecular weight excluding hydrogens is 400 g/mol. The van der Waals surface area contributed by atoms with Crippen LogP contribution in [0.1, 0.15) is 40.3 Å². The van der Waals surface area contributed by atoms with Crippen LogP contribution in [0.4, 0.5) is 0 Å². The van der Waals surface area contributed by atoms with E-state index in [9.17, 15) is 0 Å². The van der Waals surface area contributed by atoms with E-state index < -0.39 is 0 Å². The van der Waals surface area contributed by atoms with Gasteiger partial charge in [-0.3, -0.25) is 0 Å². The van der Waals surface area contributed by atoms with Crippen molar-refractivity contribution in [2.24, 2.45) is 0 Å². The molecule has 33 heavy (non-hydrogen) atoms. The Hall–Kier alpha value is -3.91. The predicted molar refractivity (Wildman–Crippen MR) is 133 cm³/mol. The fourth-order valence-electron chi connectivity index (χ4n) is 6.29. The Bertz CT molecular complexity index is 1450. The molecule has 2 nitrogen and oxygen atoms in total. The first-order chi connectivity index (χ1) is 16.4. The third-order valence-electron chi connectivity index (χ3n) is 7.58. The van der Waals surface area contributed by atoms with E-state index in [2.05, 4.69) is 120 Å². The number of hydrogen-bond acceptors (Lipinski definition) is 1. The Labute approximate surface area is 194 Å². The quantitative estimate of drug-likeness (QED) is 0.307. The average Bonchev–Trinajstić information content (AvgIpc) is 3.41. The van der Waals surface area contributed by atoms with Crippen molar-refractivity contribution >= 4 is 0 Å². The standard InChI is InChI=1S/C31H24N2/c1-4-12-22(13-5-1)30-29-28(33(32-30)25-16-8-3-9-17-25)20-23-21-31(29,24-14-6-2-7-15-24)27-19-11-10-18-26(23)27/h1-19,23H,20-21H2. The first-order valence-corrected chi connectivity index (χ1v) is 11.7. The smallest absolute Gasteiger partial charge is 0.0975 e. The van der Waals surface area contributed by atoms with Gasteiger partial charge in [0.1, 0.15) is 0 Å². The fourth-order valence-corrected chi connectivity index (χ4v) is 6.29. The maximum absolute atomic E-state index is 5.31. The maximum atomic E-state index is 5.31. The zero-order valence-electron chi connectivity index (χ0n) is 18.4. The van der Waals surface area contributed by atoms with Gasteiger partial charge in [-0.05, 0) is 47.6 Å². The van der Waals surface area contributed by atoms with E-state index in [1.165, 1.54) is 33.5 Å². The van der Waals surface area contributed by atoms with Gasteiger partial charge in [0, 0.05) is 22.2 Å². The number of fused-ring (bicyclic) bond motifs is 7. The summed E-state index contributed by atoms with van der Waals surface area (Å²) in [5, 5.41) is 5.31. The molecule has 1 heterocycles. The molecule has 0 radical (unpaired) electrons. The van der Waals surface area contributed by atoms with Crippen LogP contribution in [0.25, 0.3) is 16.9 Å². The monoisotopic (exact) mass is 424 g/mol. The van der Waals surface area contributed by atoms with Gasteiger partial charge in [0.15, 0.2) is 0 Å². The van der Waals surface area contributed by atoms with E-state index in [0.29, 0.717) is 5.92 Å². The van der Waals surface area contributed by atoms with Crippen molar-refractivity contribution in [1.82, 2.24) is 9.78 Å². The second-order valence-electron chi connectivity index (χ2n) is 9.25. The Morgan fingerprint density at radius 2 is 1.33 bits per heavy atom. The number of para-hydroxylation sites is 1. The predicted octanol–water partition coefficient (Wildman–Crippen LogP) is 6.92. The van der Waals surface area contributed by atoms with E-state index in [0.717, 1.165) is 24.2 Å². The van der Waals surface area contributed by atoms with Crippen LogP contribution in [-0.4, -0.2) is 9.78 Å². The molecule has 0 saturated carbocycles. The van der Waals surface area contributed by atoms with Crippen molar-refractivity contribution in [2.45, 2.75) is 24.2 Å². The number of aromatic nitrogens is 2. The van der Waals surface area contributed by atoms with E-state index in [1.54, 1.807) is 0 Å². The molecule has 0 spiro atoms. The Kier molecular flexibility index (Phi) is 3.98. The lowest BCUT2D eigenvalue weighted by Gasteiger charge is -2.36. The van der Waals surface area contributed by atoms with Crippen LogP contribution in [0.15, 0.2) is 115 Å². The molecule has 2 aliphatic carbocycles. The number of nitrogens with zero attached hydrogens (tertiary/aromatic N) is 2. The lowest BCUT2D eigenvalue weighted by Crippen LogP contribution is -2.31. The van der Waals surface area contributed by atoms with Gasteiger partial charge in [-0.2, -0.15) is 5.10 Å². The number of hydrogen-bond donors (Lipinski definition) is 0. The van der Waals surface area contributed by atoms with Crippen LogP contribution in [0.3, 0.4) is 0 Å². The Morgan fingerprint density at radius 3 is 2.09 bits per heavy atom. The van der Waals surface area contributed by atoms with E-state index >= 15 is 0 Å². The van der Waals surface area contributed by atoms with Gasteiger partial charge in [0.25, 0.3) is 0 Å². The summed E-state index contributed by atoms with van der Waals surface area (Å²) in [6, 6.07) is 41.5. The first-order valence-electron chi connectivity index (χ1n) is 11.7. The summed E-state index contributed by atoms with van der Waals surface area (Å²) in [6.45, 7) is 0. The van der Waals surface area contributed by atoms with Gasteiger partial charge in [0.2, 0.25) is 0 Å². The lowest BCUT2D eigenvalue weighted by atomic mass is 9.65. The first kappa shape index (κ1) is 18.6. The zero-order chi connectivity index (χ0) is 21.8. The van der Waals surface area contributed by atoms with E-state index in [1.807, 2.05) is 0 Å². The minimum Gasteiger partial charge on any atom is -0.237 e. The maximum Gasteiger partial charge on any atom is 0.0975 e. The topological polar surface area (TPSA) is 17.8 Å². The molecule has 0 fully saturated rings. The summed E-state index contributed by atoms with van der Waals surface area (Å²) < 4.78 is 2.22. The van der Waals surface area contributed by atoms with Crippen LogP contribution in [0.2, 0.25) is 0 Å². The molecule has 2 heteroatoms. The molecule has 0 saturated heterocycles. The molecule has 5 aromatic rings. The van der Waals surface area contributed by atoms with Gasteiger partial charge in [-0.25, -0.2) is 4.68 Å². The molecule has 0 aliphatic heterocycles. The zero-order valence-corrected chi connectivity index (χ0v) is 18.4. The van der Waals surface area contributed by atoms with E-state index in [4.69, 9.17) is 5.10 Å². The summed E-state index contributed by atoms with van der Waals surface area (Å²) in [6.07, 6.45) is 2.11. The lowest BCUT2D eigenvalue weighted by molar-refractivity contribution is 0.491. The number of rotatable bonds is 3. The van der Waals surface area contributed by atoms with Crippen molar-refractivity contribution in [1.29, 1.82) is 0 Å². The highest BCUT2D eigenvalue weighted by atomic mass is 15.3. The second-order valence-corrected chi connectivity index (χ2v) is 9.25. The third kappa shape index (κ3) is 2.58. The molecule has 0 N–H and O–H groups in total. The van der Waals surface area contributed by atoms with Gasteiger partial charge >= 0.3 is 0 Å². The Balaban J connectivity index is 1.62. The SMILES string of the molecule is c1ccc(-c2nn(-c3ccccc3)c3c2C2(c4ccccc4)CC(C3)c3ccccc32)cc1. The molecule has 4 aromatic carbocycles. The molecule has 2 aliphatic rings. The van der Waals surface area contributed by atoms with Crippen molar-refractivity contribution in [2.75, 3.05) is 0 Å². The van der Waals surface area contributed by atoms with Gasteiger partial charge in [-0.15, -0.1) is 0 Å². The van der Waals surface area contributed by atoms with Crippen LogP contribution in [0, 0.1) is 0 Å². The summed E-state index contributed by atoms with van der Waals surface area (Å²) in [7, 11) is 0.